The van der Waals surface area contributed by atoms with Crippen LogP contribution in [0, 0.1) is 5.92 Å². The van der Waals surface area contributed by atoms with Crippen molar-refractivity contribution in [2.24, 2.45) is 5.92 Å². The molecular weight excluding hydrogens is 598 g/mol. The Balaban J connectivity index is 1.35. The lowest BCUT2D eigenvalue weighted by molar-refractivity contribution is -0.141. The Morgan fingerprint density at radius 1 is 0.830 bits per heavy atom. The van der Waals surface area contributed by atoms with E-state index >= 15 is 0 Å². The molecule has 6 amide bonds. The van der Waals surface area contributed by atoms with Gasteiger partial charge in [-0.25, -0.2) is 14.5 Å². The van der Waals surface area contributed by atoms with Gasteiger partial charge < -0.3 is 26.0 Å². The van der Waals surface area contributed by atoms with Crippen LogP contribution in [0.3, 0.4) is 0 Å². The van der Waals surface area contributed by atoms with E-state index in [-0.39, 0.29) is 31.2 Å². The molecule has 1 heterocycles. The summed E-state index contributed by atoms with van der Waals surface area (Å²) >= 11 is 0. The normalized spacial score (nSPS) is 16.7. The number of nitrogens with zero attached hydrogens (tertiary/aromatic N) is 2. The predicted octanol–water partition coefficient (Wildman–Crippen LogP) is 6.15. The summed E-state index contributed by atoms with van der Waals surface area (Å²) < 4.78 is 0. The van der Waals surface area contributed by atoms with Gasteiger partial charge in [-0.2, -0.15) is 0 Å². The first-order chi connectivity index (χ1) is 22.6. The average Bonchev–Trinajstić information content (AvgIpc) is 3.61. The summed E-state index contributed by atoms with van der Waals surface area (Å²) in [5.41, 5.74) is 1.55. The Morgan fingerprint density at radius 3 is 1.98 bits per heavy atom. The van der Waals surface area contributed by atoms with Crippen LogP contribution in [0.2, 0.25) is 0 Å². The van der Waals surface area contributed by atoms with E-state index in [9.17, 15) is 29.1 Å². The lowest BCUT2D eigenvalue weighted by Crippen LogP contribution is -2.52. The van der Waals surface area contributed by atoms with Crippen molar-refractivity contribution >= 4 is 41.2 Å². The largest absolute Gasteiger partial charge is 0.481 e. The second-order valence-corrected chi connectivity index (χ2v) is 12.6. The molecule has 1 aliphatic carbocycles. The Labute approximate surface area is 274 Å². The van der Waals surface area contributed by atoms with Gasteiger partial charge >= 0.3 is 18.0 Å². The van der Waals surface area contributed by atoms with Crippen molar-refractivity contribution in [3.05, 3.63) is 96.1 Å². The smallest absolute Gasteiger partial charge is 0.328 e. The van der Waals surface area contributed by atoms with Crippen molar-refractivity contribution in [2.75, 3.05) is 10.6 Å². The molecule has 3 aromatic rings. The van der Waals surface area contributed by atoms with Crippen molar-refractivity contribution in [3.63, 3.8) is 0 Å². The number of benzene rings is 3. The molecule has 1 saturated heterocycles. The minimum atomic E-state index is -1.10. The Morgan fingerprint density at radius 2 is 1.40 bits per heavy atom. The van der Waals surface area contributed by atoms with Gasteiger partial charge in [-0.15, -0.1) is 0 Å². The lowest BCUT2D eigenvalue weighted by Gasteiger charge is -2.31. The van der Waals surface area contributed by atoms with Gasteiger partial charge in [0, 0.05) is 17.9 Å². The van der Waals surface area contributed by atoms with Crippen LogP contribution in [0.1, 0.15) is 69.5 Å². The number of para-hydroxylation sites is 1. The van der Waals surface area contributed by atoms with Gasteiger partial charge in [0.15, 0.2) is 0 Å². The van der Waals surface area contributed by atoms with Crippen LogP contribution >= 0.6 is 0 Å². The summed E-state index contributed by atoms with van der Waals surface area (Å²) in [4.78, 5) is 69.3. The highest BCUT2D eigenvalue weighted by atomic mass is 16.4. The lowest BCUT2D eigenvalue weighted by atomic mass is 9.93. The number of hydrogen-bond donors (Lipinski definition) is 4. The van der Waals surface area contributed by atoms with Gasteiger partial charge in [-0.1, -0.05) is 87.4 Å². The van der Waals surface area contributed by atoms with E-state index in [1.54, 1.807) is 71.6 Å². The summed E-state index contributed by atoms with van der Waals surface area (Å²) in [6, 6.07) is 22.1. The highest BCUT2D eigenvalue weighted by molar-refractivity contribution is 6.10. The fourth-order valence-electron chi connectivity index (χ4n) is 6.52. The highest BCUT2D eigenvalue weighted by Gasteiger charge is 2.60. The molecule has 47 heavy (non-hydrogen) atoms. The maximum atomic E-state index is 14.3. The maximum absolute atomic E-state index is 14.3. The molecule has 246 valence electrons. The molecule has 1 aliphatic heterocycles. The Hall–Kier alpha value is -5.19. The number of rotatable bonds is 12. The summed E-state index contributed by atoms with van der Waals surface area (Å²) in [5.74, 6) is -2.06. The number of urea groups is 2. The van der Waals surface area contributed by atoms with E-state index in [4.69, 9.17) is 0 Å². The van der Waals surface area contributed by atoms with Gasteiger partial charge in [0.2, 0.25) is 5.91 Å². The molecule has 3 aromatic carbocycles. The monoisotopic (exact) mass is 639 g/mol. The first-order valence-electron chi connectivity index (χ1n) is 16.0. The SMILES string of the molecule is CC(C)C[C@@H](C(=O)N[C@@H](CC(=O)O)c1ccccc1)N1C(=O)N(Cc2ccc(NC(=O)Nc3ccccc3)cc2)C2(CCCC2)C1=O. The third-order valence-electron chi connectivity index (χ3n) is 8.79. The molecule has 11 nitrogen and oxygen atoms in total. The third kappa shape index (κ3) is 7.62. The molecule has 0 aromatic heterocycles. The summed E-state index contributed by atoms with van der Waals surface area (Å²) in [5, 5.41) is 18.0. The zero-order valence-corrected chi connectivity index (χ0v) is 26.6. The summed E-state index contributed by atoms with van der Waals surface area (Å²) in [6.45, 7) is 3.98. The van der Waals surface area contributed by atoms with Gasteiger partial charge in [0.05, 0.1) is 12.5 Å². The zero-order valence-electron chi connectivity index (χ0n) is 26.6. The molecule has 0 radical (unpaired) electrons. The molecule has 0 bridgehead atoms. The average molecular weight is 640 g/mol. The van der Waals surface area contributed by atoms with Gasteiger partial charge in [0.1, 0.15) is 11.6 Å². The zero-order chi connectivity index (χ0) is 33.6. The number of imide groups is 1. The molecule has 5 rings (SSSR count). The van der Waals surface area contributed by atoms with Crippen molar-refractivity contribution in [2.45, 2.75) is 76.5 Å². The first-order valence-corrected chi connectivity index (χ1v) is 16.0. The topological polar surface area (TPSA) is 148 Å². The van der Waals surface area contributed by atoms with Crippen molar-refractivity contribution < 1.29 is 29.1 Å². The standard InChI is InChI=1S/C36H41N5O6/c1-24(2)21-30(32(44)39-29(22-31(42)43)26-11-5-3-6-12-26)41-33(45)36(19-9-10-20-36)40(35(41)47)23-25-15-17-28(18-16-25)38-34(46)37-27-13-7-4-8-14-27/h3-8,11-18,24,29-30H,9-10,19-23H2,1-2H3,(H,39,44)(H,42,43)(H2,37,38,46)/t29-,30-/m0/s1. The summed E-state index contributed by atoms with van der Waals surface area (Å²) in [6.07, 6.45) is 2.43. The molecule has 0 unspecified atom stereocenters. The number of carbonyl (C=O) groups excluding carboxylic acids is 4. The van der Waals surface area contributed by atoms with E-state index < -0.39 is 41.6 Å². The second kappa shape index (κ2) is 14.5. The highest BCUT2D eigenvalue weighted by Crippen LogP contribution is 2.44. The van der Waals surface area contributed by atoms with Crippen molar-refractivity contribution in [1.82, 2.24) is 15.1 Å². The van der Waals surface area contributed by atoms with Crippen LogP contribution in [0.25, 0.3) is 0 Å². The second-order valence-electron chi connectivity index (χ2n) is 12.6. The molecule has 1 spiro atoms. The molecule has 1 saturated carbocycles. The van der Waals surface area contributed by atoms with Gasteiger partial charge in [-0.3, -0.25) is 14.4 Å². The van der Waals surface area contributed by atoms with Crippen LogP contribution in [0.5, 0.6) is 0 Å². The Kier molecular flexibility index (Phi) is 10.2. The van der Waals surface area contributed by atoms with E-state index in [1.165, 1.54) is 0 Å². The number of anilines is 2. The molecule has 2 atom stereocenters. The number of aliphatic carboxylic acids is 1. The van der Waals surface area contributed by atoms with Crippen molar-refractivity contribution in [1.29, 1.82) is 0 Å². The first kappa shape index (κ1) is 33.2. The maximum Gasteiger partial charge on any atom is 0.328 e. The van der Waals surface area contributed by atoms with Crippen LogP contribution in [-0.2, 0) is 20.9 Å². The van der Waals surface area contributed by atoms with E-state index in [2.05, 4.69) is 16.0 Å². The van der Waals surface area contributed by atoms with Crippen LogP contribution in [0.4, 0.5) is 21.0 Å². The van der Waals surface area contributed by atoms with Crippen LogP contribution < -0.4 is 16.0 Å². The molecule has 2 aliphatic rings. The molecule has 2 fully saturated rings. The number of carboxylic acids is 1. The van der Waals surface area contributed by atoms with Crippen LogP contribution in [-0.4, -0.2) is 56.3 Å². The predicted molar refractivity (Wildman–Crippen MR) is 177 cm³/mol. The number of nitrogens with one attached hydrogen (secondary N) is 3. The van der Waals surface area contributed by atoms with E-state index in [0.717, 1.165) is 23.3 Å². The number of hydrogen-bond acceptors (Lipinski definition) is 5. The summed E-state index contributed by atoms with van der Waals surface area (Å²) in [7, 11) is 0. The number of amides is 6. The minimum absolute atomic E-state index is 0.0336. The fourth-order valence-corrected chi connectivity index (χ4v) is 6.52. The van der Waals surface area contributed by atoms with Gasteiger partial charge in [0.25, 0.3) is 5.91 Å². The molecule has 4 N–H and O–H groups in total. The number of carbonyl (C=O) groups is 5. The van der Waals surface area contributed by atoms with Crippen LogP contribution in [0.15, 0.2) is 84.9 Å². The number of carboxylic acid groups (broad SMARTS) is 1. The molecule has 11 heteroatoms. The van der Waals surface area contributed by atoms with E-state index in [0.29, 0.717) is 29.8 Å². The van der Waals surface area contributed by atoms with Crippen molar-refractivity contribution in [3.8, 4) is 0 Å². The van der Waals surface area contributed by atoms with E-state index in [1.807, 2.05) is 32.0 Å². The Bertz CT molecular complexity index is 1590. The molecular formula is C36H41N5O6. The van der Waals surface area contributed by atoms with Gasteiger partial charge in [-0.05, 0) is 60.6 Å². The third-order valence-corrected chi connectivity index (χ3v) is 8.79. The quantitative estimate of drug-likeness (QED) is 0.175. The minimum Gasteiger partial charge on any atom is -0.481 e. The fraction of sp³-hybridized carbons (Fsp3) is 0.361.